The first-order chi connectivity index (χ1) is 10.7. The zero-order valence-corrected chi connectivity index (χ0v) is 15.6. The van der Waals surface area contributed by atoms with Crippen molar-refractivity contribution in [3.63, 3.8) is 0 Å². The molecule has 0 aromatic heterocycles. The maximum absolute atomic E-state index is 12.6. The second-order valence-electron chi connectivity index (χ2n) is 5.66. The highest BCUT2D eigenvalue weighted by Gasteiger charge is 2.31. The highest BCUT2D eigenvalue weighted by molar-refractivity contribution is 7.92. The normalized spacial score (nSPS) is 14.1. The van der Waals surface area contributed by atoms with E-state index in [1.807, 2.05) is 13.8 Å². The molecule has 0 fully saturated rings. The van der Waals surface area contributed by atoms with E-state index in [2.05, 4.69) is 5.32 Å². The zero-order valence-electron chi connectivity index (χ0n) is 14.0. The summed E-state index contributed by atoms with van der Waals surface area (Å²) in [4.78, 5) is 12.6. The molecule has 0 aliphatic heterocycles. The first-order valence-electron chi connectivity index (χ1n) is 7.76. The zero-order chi connectivity index (χ0) is 17.6. The molecule has 5 nitrogen and oxygen atoms in total. The maximum Gasteiger partial charge on any atom is 0.244 e. The van der Waals surface area contributed by atoms with Crippen molar-refractivity contribution in [3.05, 3.63) is 29.3 Å². The van der Waals surface area contributed by atoms with Gasteiger partial charge in [0.25, 0.3) is 0 Å². The van der Waals surface area contributed by atoms with Crippen LogP contribution in [0.3, 0.4) is 0 Å². The van der Waals surface area contributed by atoms with Gasteiger partial charge in [0.05, 0.1) is 11.9 Å². The van der Waals surface area contributed by atoms with E-state index >= 15 is 0 Å². The van der Waals surface area contributed by atoms with E-state index in [1.54, 1.807) is 31.2 Å². The van der Waals surface area contributed by atoms with Crippen LogP contribution in [0, 0.1) is 0 Å². The third kappa shape index (κ3) is 5.70. The molecule has 0 bridgehead atoms. The number of carbonyl (C=O) groups excluding carboxylic acids is 1. The van der Waals surface area contributed by atoms with E-state index in [0.29, 0.717) is 17.1 Å². The number of nitrogens with zero attached hydrogens (tertiary/aromatic N) is 1. The van der Waals surface area contributed by atoms with Gasteiger partial charge in [-0.05, 0) is 38.0 Å². The van der Waals surface area contributed by atoms with Gasteiger partial charge in [-0.1, -0.05) is 37.9 Å². The first-order valence-corrected chi connectivity index (χ1v) is 9.98. The van der Waals surface area contributed by atoms with Crippen molar-refractivity contribution in [2.24, 2.45) is 0 Å². The summed E-state index contributed by atoms with van der Waals surface area (Å²) in [6.07, 6.45) is 3.25. The second-order valence-corrected chi connectivity index (χ2v) is 7.96. The molecule has 7 heteroatoms. The summed E-state index contributed by atoms with van der Waals surface area (Å²) in [5.41, 5.74) is 0.394. The average molecular weight is 361 g/mol. The lowest BCUT2D eigenvalue weighted by atomic mass is 10.1. The molecule has 0 aliphatic rings. The summed E-state index contributed by atoms with van der Waals surface area (Å²) in [5, 5.41) is 3.31. The van der Waals surface area contributed by atoms with Crippen molar-refractivity contribution < 1.29 is 13.2 Å². The fourth-order valence-corrected chi connectivity index (χ4v) is 3.91. The largest absolute Gasteiger partial charge is 0.352 e. The van der Waals surface area contributed by atoms with Crippen LogP contribution in [0.15, 0.2) is 24.3 Å². The standard InChI is InChI=1S/C16H25ClN2O3S/c1-5-8-12(3)18-16(20)15(6-2)19(23(4,21)22)14-10-7-9-13(17)11-14/h7,9-12,15H,5-6,8H2,1-4H3,(H,18,20). The van der Waals surface area contributed by atoms with Crippen LogP contribution in [-0.2, 0) is 14.8 Å². The highest BCUT2D eigenvalue weighted by atomic mass is 35.5. The SMILES string of the molecule is CCCC(C)NC(=O)C(CC)N(c1cccc(Cl)c1)S(C)(=O)=O. The Balaban J connectivity index is 3.16. The van der Waals surface area contributed by atoms with Crippen LogP contribution in [0.1, 0.15) is 40.0 Å². The van der Waals surface area contributed by atoms with Crippen LogP contribution < -0.4 is 9.62 Å². The van der Waals surface area contributed by atoms with Gasteiger partial charge in [0.15, 0.2) is 0 Å². The Morgan fingerprint density at radius 2 is 2.00 bits per heavy atom. The highest BCUT2D eigenvalue weighted by Crippen LogP contribution is 2.25. The first kappa shape index (κ1) is 19.8. The van der Waals surface area contributed by atoms with Gasteiger partial charge in [-0.15, -0.1) is 0 Å². The van der Waals surface area contributed by atoms with Gasteiger partial charge in [-0.2, -0.15) is 0 Å². The summed E-state index contributed by atoms with van der Waals surface area (Å²) in [6, 6.07) is 5.72. The molecule has 23 heavy (non-hydrogen) atoms. The van der Waals surface area contributed by atoms with Gasteiger partial charge in [-0.3, -0.25) is 9.10 Å². The number of carbonyl (C=O) groups is 1. The Morgan fingerprint density at radius 3 is 2.48 bits per heavy atom. The molecule has 1 rings (SSSR count). The topological polar surface area (TPSA) is 66.5 Å². The molecule has 0 spiro atoms. The minimum absolute atomic E-state index is 0.00215. The molecule has 130 valence electrons. The summed E-state index contributed by atoms with van der Waals surface area (Å²) in [7, 11) is -3.63. The Labute approximate surface area is 144 Å². The van der Waals surface area contributed by atoms with E-state index < -0.39 is 16.1 Å². The number of amides is 1. The number of halogens is 1. The number of sulfonamides is 1. The number of hydrogen-bond donors (Lipinski definition) is 1. The molecule has 0 saturated heterocycles. The van der Waals surface area contributed by atoms with Gasteiger partial charge in [0.1, 0.15) is 6.04 Å². The average Bonchev–Trinajstić information content (AvgIpc) is 2.43. The van der Waals surface area contributed by atoms with E-state index in [-0.39, 0.29) is 11.9 Å². The van der Waals surface area contributed by atoms with Crippen LogP contribution in [0.25, 0.3) is 0 Å². The van der Waals surface area contributed by atoms with Gasteiger partial charge >= 0.3 is 0 Å². The molecular formula is C16H25ClN2O3S. The third-order valence-electron chi connectivity index (χ3n) is 3.50. The van der Waals surface area contributed by atoms with Gasteiger partial charge in [0.2, 0.25) is 15.9 Å². The minimum Gasteiger partial charge on any atom is -0.352 e. The van der Waals surface area contributed by atoms with Crippen molar-refractivity contribution in [1.29, 1.82) is 0 Å². The maximum atomic E-state index is 12.6. The van der Waals surface area contributed by atoms with E-state index in [1.165, 1.54) is 0 Å². The van der Waals surface area contributed by atoms with E-state index in [4.69, 9.17) is 11.6 Å². The molecule has 0 heterocycles. The molecule has 1 aromatic carbocycles. The Bertz CT molecular complexity index is 634. The van der Waals surface area contributed by atoms with Crippen LogP contribution in [-0.4, -0.2) is 32.7 Å². The quantitative estimate of drug-likeness (QED) is 0.774. The lowest BCUT2D eigenvalue weighted by Gasteiger charge is -2.31. The fourth-order valence-electron chi connectivity index (χ4n) is 2.52. The second kappa shape index (κ2) is 8.55. The molecule has 1 amide bonds. The molecule has 0 aliphatic carbocycles. The lowest BCUT2D eigenvalue weighted by molar-refractivity contribution is -0.122. The van der Waals surface area contributed by atoms with E-state index in [9.17, 15) is 13.2 Å². The molecule has 0 saturated carbocycles. The summed E-state index contributed by atoms with van der Waals surface area (Å²) < 4.78 is 25.7. The molecule has 1 aromatic rings. The number of benzene rings is 1. The number of anilines is 1. The van der Waals surface area contributed by atoms with Gasteiger partial charge in [0, 0.05) is 11.1 Å². The van der Waals surface area contributed by atoms with Gasteiger partial charge < -0.3 is 5.32 Å². The molecule has 2 atom stereocenters. The van der Waals surface area contributed by atoms with Crippen LogP contribution in [0.5, 0.6) is 0 Å². The van der Waals surface area contributed by atoms with Crippen LogP contribution >= 0.6 is 11.6 Å². The van der Waals surface area contributed by atoms with Crippen molar-refractivity contribution in [1.82, 2.24) is 5.32 Å². The lowest BCUT2D eigenvalue weighted by Crippen LogP contribution is -2.51. The number of rotatable bonds is 8. The molecule has 1 N–H and O–H groups in total. The third-order valence-corrected chi connectivity index (χ3v) is 4.92. The van der Waals surface area contributed by atoms with Crippen LogP contribution in [0.2, 0.25) is 5.02 Å². The number of nitrogens with one attached hydrogen (secondary N) is 1. The molecular weight excluding hydrogens is 336 g/mol. The monoisotopic (exact) mass is 360 g/mol. The Morgan fingerprint density at radius 1 is 1.35 bits per heavy atom. The van der Waals surface area contributed by atoms with Gasteiger partial charge in [-0.25, -0.2) is 8.42 Å². The molecule has 0 radical (unpaired) electrons. The molecule has 2 unspecified atom stereocenters. The van der Waals surface area contributed by atoms with Crippen molar-refractivity contribution in [3.8, 4) is 0 Å². The van der Waals surface area contributed by atoms with Crippen LogP contribution in [0.4, 0.5) is 5.69 Å². The predicted octanol–water partition coefficient (Wildman–Crippen LogP) is 3.19. The predicted molar refractivity (Wildman–Crippen MR) is 95.4 cm³/mol. The summed E-state index contributed by atoms with van der Waals surface area (Å²) in [5.74, 6) is -0.293. The fraction of sp³-hybridized carbons (Fsp3) is 0.562. The smallest absolute Gasteiger partial charge is 0.244 e. The summed E-state index contributed by atoms with van der Waals surface area (Å²) >= 11 is 5.97. The van der Waals surface area contributed by atoms with Crippen molar-refractivity contribution in [2.75, 3.05) is 10.6 Å². The Hall–Kier alpha value is -1.27. The Kier molecular flexibility index (Phi) is 7.35. The minimum atomic E-state index is -3.63. The van der Waals surface area contributed by atoms with E-state index in [0.717, 1.165) is 23.4 Å². The summed E-state index contributed by atoms with van der Waals surface area (Å²) in [6.45, 7) is 5.74. The number of hydrogen-bond acceptors (Lipinski definition) is 3. The van der Waals surface area contributed by atoms with Crippen molar-refractivity contribution in [2.45, 2.75) is 52.1 Å². The van der Waals surface area contributed by atoms with Crippen molar-refractivity contribution >= 4 is 33.2 Å².